The second kappa shape index (κ2) is 10.6. The summed E-state index contributed by atoms with van der Waals surface area (Å²) >= 11 is 4.81. The van der Waals surface area contributed by atoms with Crippen LogP contribution in [-0.2, 0) is 9.53 Å². The third-order valence-electron chi connectivity index (χ3n) is 5.60. The van der Waals surface area contributed by atoms with Crippen LogP contribution in [0, 0.1) is 0 Å². The van der Waals surface area contributed by atoms with Gasteiger partial charge in [-0.15, -0.1) is 0 Å². The molecule has 9 heteroatoms. The van der Waals surface area contributed by atoms with E-state index < -0.39 is 12.0 Å². The summed E-state index contributed by atoms with van der Waals surface area (Å²) in [4.78, 5) is 31.8. The third-order valence-corrected chi connectivity index (χ3v) is 7.17. The van der Waals surface area contributed by atoms with Crippen molar-refractivity contribution in [3.05, 3.63) is 89.0 Å². The van der Waals surface area contributed by atoms with Gasteiger partial charge in [0.25, 0.3) is 5.56 Å². The van der Waals surface area contributed by atoms with Gasteiger partial charge in [-0.05, 0) is 58.6 Å². The predicted molar refractivity (Wildman–Crippen MR) is 139 cm³/mol. The molecule has 1 atom stereocenters. The summed E-state index contributed by atoms with van der Waals surface area (Å²) in [7, 11) is 2.92. The van der Waals surface area contributed by atoms with Gasteiger partial charge in [0.2, 0.25) is 0 Å². The van der Waals surface area contributed by atoms with Crippen molar-refractivity contribution in [1.82, 2.24) is 4.57 Å². The van der Waals surface area contributed by atoms with E-state index in [0.717, 1.165) is 11.1 Å². The summed E-state index contributed by atoms with van der Waals surface area (Å²) in [5.41, 5.74) is 2.34. The first-order valence-electron chi connectivity index (χ1n) is 11.1. The molecule has 182 valence electrons. The van der Waals surface area contributed by atoms with Crippen LogP contribution >= 0.6 is 27.3 Å². The molecule has 1 aliphatic rings. The van der Waals surface area contributed by atoms with Gasteiger partial charge in [0.05, 0.1) is 47.1 Å². The standard InChI is InChI=1S/C26H25BrN2O5S/c1-5-18-21(25(31)33-4)22(16-10-8-7-9-11-16)29-24(30)20(35-26(29)28-18)14-15-12-17(27)23(32-3)19(13-15)34-6-2/h7-14,22H,5-6H2,1-4H3/b20-14+/t22-/m0/s1. The molecule has 0 amide bonds. The molecule has 2 aromatic carbocycles. The van der Waals surface area contributed by atoms with Gasteiger partial charge in [-0.2, -0.15) is 0 Å². The molecular formula is C26H25BrN2O5S. The second-order valence-electron chi connectivity index (χ2n) is 7.67. The van der Waals surface area contributed by atoms with Crippen LogP contribution in [0.4, 0.5) is 0 Å². The SMILES string of the molecule is CCOc1cc(/C=c2/sc3n(c2=O)[C@@H](c2ccccc2)C(C(=O)OC)=C(CC)N=3)cc(Br)c1OC. The van der Waals surface area contributed by atoms with E-state index in [0.29, 0.717) is 49.6 Å². The Balaban J connectivity index is 1.96. The molecular weight excluding hydrogens is 532 g/mol. The lowest BCUT2D eigenvalue weighted by Crippen LogP contribution is -2.40. The summed E-state index contributed by atoms with van der Waals surface area (Å²) in [6, 6.07) is 12.5. The summed E-state index contributed by atoms with van der Waals surface area (Å²) in [5, 5.41) is 0. The Kier molecular flexibility index (Phi) is 7.57. The first kappa shape index (κ1) is 24.9. The summed E-state index contributed by atoms with van der Waals surface area (Å²) in [6.45, 7) is 4.30. The van der Waals surface area contributed by atoms with Crippen LogP contribution in [0.2, 0.25) is 0 Å². The Morgan fingerprint density at radius 3 is 2.57 bits per heavy atom. The average Bonchev–Trinajstić information content (AvgIpc) is 3.17. The normalized spacial score (nSPS) is 15.5. The number of allylic oxidation sites excluding steroid dienone is 1. The smallest absolute Gasteiger partial charge is 0.338 e. The van der Waals surface area contributed by atoms with Crippen LogP contribution in [0.25, 0.3) is 6.08 Å². The Morgan fingerprint density at radius 1 is 1.20 bits per heavy atom. The van der Waals surface area contributed by atoms with Gasteiger partial charge in [-0.25, -0.2) is 9.79 Å². The highest BCUT2D eigenvalue weighted by Gasteiger charge is 2.33. The molecule has 0 N–H and O–H groups in total. The minimum atomic E-state index is -0.626. The lowest BCUT2D eigenvalue weighted by Gasteiger charge is -2.25. The van der Waals surface area contributed by atoms with Crippen LogP contribution in [0.1, 0.15) is 37.4 Å². The largest absolute Gasteiger partial charge is 0.492 e. The quantitative estimate of drug-likeness (QED) is 0.411. The number of thiazole rings is 1. The van der Waals surface area contributed by atoms with Crippen molar-refractivity contribution >= 4 is 39.3 Å². The molecule has 0 saturated heterocycles. The van der Waals surface area contributed by atoms with E-state index in [2.05, 4.69) is 15.9 Å². The first-order chi connectivity index (χ1) is 16.9. The van der Waals surface area contributed by atoms with E-state index in [1.54, 1.807) is 17.8 Å². The first-order valence-corrected chi connectivity index (χ1v) is 12.7. The Hall–Kier alpha value is -3.17. The van der Waals surface area contributed by atoms with Crippen LogP contribution in [0.5, 0.6) is 11.5 Å². The van der Waals surface area contributed by atoms with E-state index >= 15 is 0 Å². The number of carbonyl (C=O) groups excluding carboxylic acids is 1. The van der Waals surface area contributed by atoms with E-state index in [1.165, 1.54) is 18.4 Å². The number of esters is 1. The minimum Gasteiger partial charge on any atom is -0.492 e. The lowest BCUT2D eigenvalue weighted by molar-refractivity contribution is -0.136. The molecule has 0 bridgehead atoms. The maximum absolute atomic E-state index is 13.7. The molecule has 0 unspecified atom stereocenters. The summed E-state index contributed by atoms with van der Waals surface area (Å²) in [5.74, 6) is 0.672. The third kappa shape index (κ3) is 4.70. The molecule has 4 rings (SSSR count). The lowest BCUT2D eigenvalue weighted by atomic mass is 9.95. The monoisotopic (exact) mass is 556 g/mol. The number of aromatic nitrogens is 1. The Labute approximate surface area is 215 Å². The van der Waals surface area contributed by atoms with Crippen molar-refractivity contribution in [3.63, 3.8) is 0 Å². The number of nitrogens with zero attached hydrogens (tertiary/aromatic N) is 2. The number of hydrogen-bond donors (Lipinski definition) is 0. The molecule has 35 heavy (non-hydrogen) atoms. The van der Waals surface area contributed by atoms with E-state index in [-0.39, 0.29) is 5.56 Å². The summed E-state index contributed by atoms with van der Waals surface area (Å²) in [6.07, 6.45) is 2.33. The fraction of sp³-hybridized carbons (Fsp3) is 0.269. The fourth-order valence-corrected chi connectivity index (χ4v) is 5.74. The number of hydrogen-bond acceptors (Lipinski definition) is 7. The van der Waals surface area contributed by atoms with Gasteiger partial charge in [0.1, 0.15) is 0 Å². The predicted octanol–water partition coefficient (Wildman–Crippen LogP) is 3.97. The zero-order valence-corrected chi connectivity index (χ0v) is 22.2. The molecule has 0 fully saturated rings. The summed E-state index contributed by atoms with van der Waals surface area (Å²) < 4.78 is 19.1. The van der Waals surface area contributed by atoms with Crippen molar-refractivity contribution < 1.29 is 19.0 Å². The number of fused-ring (bicyclic) bond motifs is 1. The molecule has 0 radical (unpaired) electrons. The highest BCUT2D eigenvalue weighted by Crippen LogP contribution is 2.37. The van der Waals surface area contributed by atoms with Gasteiger partial charge in [0, 0.05) is 0 Å². The molecule has 0 spiro atoms. The van der Waals surface area contributed by atoms with Gasteiger partial charge < -0.3 is 14.2 Å². The topological polar surface area (TPSA) is 79.1 Å². The van der Waals surface area contributed by atoms with Crippen molar-refractivity contribution in [2.45, 2.75) is 26.3 Å². The van der Waals surface area contributed by atoms with Crippen LogP contribution in [-0.4, -0.2) is 31.4 Å². The molecule has 1 aliphatic heterocycles. The van der Waals surface area contributed by atoms with Crippen LogP contribution in [0.15, 0.2) is 68.0 Å². The maximum atomic E-state index is 13.7. The van der Waals surface area contributed by atoms with Gasteiger partial charge in [-0.1, -0.05) is 48.6 Å². The average molecular weight is 557 g/mol. The van der Waals surface area contributed by atoms with Crippen molar-refractivity contribution in [2.24, 2.45) is 4.99 Å². The molecule has 0 saturated carbocycles. The van der Waals surface area contributed by atoms with Gasteiger partial charge in [0.15, 0.2) is 16.3 Å². The molecule has 1 aromatic heterocycles. The Bertz CT molecular complexity index is 1470. The Morgan fingerprint density at radius 2 is 1.94 bits per heavy atom. The number of benzene rings is 2. The molecule has 3 aromatic rings. The molecule has 7 nitrogen and oxygen atoms in total. The van der Waals surface area contributed by atoms with Gasteiger partial charge >= 0.3 is 5.97 Å². The number of ether oxygens (including phenoxy) is 3. The second-order valence-corrected chi connectivity index (χ2v) is 9.53. The highest BCUT2D eigenvalue weighted by molar-refractivity contribution is 9.10. The van der Waals surface area contributed by atoms with Gasteiger partial charge in [-0.3, -0.25) is 9.36 Å². The fourth-order valence-electron chi connectivity index (χ4n) is 4.10. The van der Waals surface area contributed by atoms with E-state index in [1.807, 2.05) is 56.3 Å². The number of carbonyl (C=O) groups is 1. The number of rotatable bonds is 7. The van der Waals surface area contributed by atoms with E-state index in [9.17, 15) is 9.59 Å². The molecule has 2 heterocycles. The van der Waals surface area contributed by atoms with Crippen molar-refractivity contribution in [2.75, 3.05) is 20.8 Å². The zero-order chi connectivity index (χ0) is 25.1. The van der Waals surface area contributed by atoms with Crippen molar-refractivity contribution in [1.29, 1.82) is 0 Å². The number of methoxy groups -OCH3 is 2. The van der Waals surface area contributed by atoms with E-state index in [4.69, 9.17) is 19.2 Å². The molecule has 0 aliphatic carbocycles. The minimum absolute atomic E-state index is 0.232. The van der Waals surface area contributed by atoms with Crippen LogP contribution < -0.4 is 24.4 Å². The maximum Gasteiger partial charge on any atom is 0.338 e. The highest BCUT2D eigenvalue weighted by atomic mass is 79.9. The zero-order valence-electron chi connectivity index (χ0n) is 19.8. The van der Waals surface area contributed by atoms with Crippen molar-refractivity contribution in [3.8, 4) is 11.5 Å². The number of halogens is 1. The van der Waals surface area contributed by atoms with Crippen LogP contribution in [0.3, 0.4) is 0 Å².